The van der Waals surface area contributed by atoms with Gasteiger partial charge in [0.25, 0.3) is 0 Å². The highest BCUT2D eigenvalue weighted by Crippen LogP contribution is 2.36. The summed E-state index contributed by atoms with van der Waals surface area (Å²) in [6.07, 6.45) is 0.889. The minimum atomic E-state index is -0.205. The van der Waals surface area contributed by atoms with Gasteiger partial charge in [0, 0.05) is 22.1 Å². The molecule has 1 N–H and O–H groups in total. The van der Waals surface area contributed by atoms with Crippen molar-refractivity contribution in [2.45, 2.75) is 19.4 Å². The molecule has 2 nitrogen and oxygen atoms in total. The molecule has 0 saturated carbocycles. The van der Waals surface area contributed by atoms with Crippen molar-refractivity contribution in [2.75, 3.05) is 11.9 Å². The van der Waals surface area contributed by atoms with E-state index in [4.69, 9.17) is 4.74 Å². The molecule has 0 aliphatic carbocycles. The molecule has 0 bridgehead atoms. The second-order valence-electron chi connectivity index (χ2n) is 4.98. The minimum Gasteiger partial charge on any atom is -0.493 e. The van der Waals surface area contributed by atoms with Gasteiger partial charge in [0.1, 0.15) is 11.6 Å². The van der Waals surface area contributed by atoms with Gasteiger partial charge in [-0.05, 0) is 48.9 Å². The predicted octanol–water partition coefficient (Wildman–Crippen LogP) is 4.83. The maximum Gasteiger partial charge on any atom is 0.124 e. The number of halogens is 2. The fourth-order valence-corrected chi connectivity index (χ4v) is 2.87. The highest BCUT2D eigenvalue weighted by Gasteiger charge is 2.22. The van der Waals surface area contributed by atoms with E-state index in [9.17, 15) is 4.39 Å². The Morgan fingerprint density at radius 2 is 2.10 bits per heavy atom. The Morgan fingerprint density at radius 1 is 1.25 bits per heavy atom. The van der Waals surface area contributed by atoms with E-state index < -0.39 is 0 Å². The average molecular weight is 336 g/mol. The molecule has 1 unspecified atom stereocenters. The molecule has 2 aromatic carbocycles. The van der Waals surface area contributed by atoms with Crippen LogP contribution < -0.4 is 10.1 Å². The van der Waals surface area contributed by atoms with Crippen LogP contribution in [0.1, 0.15) is 23.6 Å². The van der Waals surface area contributed by atoms with Gasteiger partial charge in [0.05, 0.1) is 12.6 Å². The Hall–Kier alpha value is -1.55. The summed E-state index contributed by atoms with van der Waals surface area (Å²) < 4.78 is 19.9. The summed E-state index contributed by atoms with van der Waals surface area (Å²) in [6, 6.07) is 11.0. The Labute approximate surface area is 126 Å². The van der Waals surface area contributed by atoms with Crippen molar-refractivity contribution in [3.8, 4) is 5.75 Å². The SMILES string of the molecule is Cc1cc(F)ccc1NC1CCOc2ccc(Br)cc21. The van der Waals surface area contributed by atoms with Gasteiger partial charge in [-0.3, -0.25) is 0 Å². The highest BCUT2D eigenvalue weighted by molar-refractivity contribution is 9.10. The Balaban J connectivity index is 1.91. The molecule has 1 aliphatic heterocycles. The van der Waals surface area contributed by atoms with E-state index in [1.807, 2.05) is 19.1 Å². The van der Waals surface area contributed by atoms with Gasteiger partial charge in [0.15, 0.2) is 0 Å². The van der Waals surface area contributed by atoms with E-state index in [0.717, 1.165) is 33.5 Å². The number of nitrogens with one attached hydrogen (secondary N) is 1. The van der Waals surface area contributed by atoms with Crippen LogP contribution in [0.2, 0.25) is 0 Å². The lowest BCUT2D eigenvalue weighted by Crippen LogP contribution is -2.20. The standard InChI is InChI=1S/C16H15BrFNO/c1-10-8-12(18)3-4-14(10)19-15-6-7-20-16-5-2-11(17)9-13(15)16/h2-5,8-9,15,19H,6-7H2,1H3. The lowest BCUT2D eigenvalue weighted by atomic mass is 10.00. The van der Waals surface area contributed by atoms with Crippen LogP contribution in [-0.2, 0) is 0 Å². The molecule has 4 heteroatoms. The molecule has 0 fully saturated rings. The van der Waals surface area contributed by atoms with E-state index in [1.165, 1.54) is 6.07 Å². The molecule has 0 saturated heterocycles. The molecule has 0 aromatic heterocycles. The number of aryl methyl sites for hydroxylation is 1. The van der Waals surface area contributed by atoms with Crippen molar-refractivity contribution in [3.63, 3.8) is 0 Å². The van der Waals surface area contributed by atoms with Crippen molar-refractivity contribution >= 4 is 21.6 Å². The summed E-state index contributed by atoms with van der Waals surface area (Å²) in [5.74, 6) is 0.708. The molecule has 2 aromatic rings. The molecule has 1 atom stereocenters. The summed E-state index contributed by atoms with van der Waals surface area (Å²) in [5, 5.41) is 3.49. The average Bonchev–Trinajstić information content (AvgIpc) is 2.42. The van der Waals surface area contributed by atoms with E-state index in [1.54, 1.807) is 12.1 Å². The summed E-state index contributed by atoms with van der Waals surface area (Å²) in [6.45, 7) is 2.60. The third kappa shape index (κ3) is 2.66. The topological polar surface area (TPSA) is 21.3 Å². The number of fused-ring (bicyclic) bond motifs is 1. The Kier molecular flexibility index (Phi) is 3.66. The van der Waals surface area contributed by atoms with Gasteiger partial charge in [0.2, 0.25) is 0 Å². The van der Waals surface area contributed by atoms with Crippen LogP contribution in [-0.4, -0.2) is 6.61 Å². The molecule has 20 heavy (non-hydrogen) atoms. The minimum absolute atomic E-state index is 0.181. The molecule has 104 valence electrons. The maximum atomic E-state index is 13.2. The van der Waals surface area contributed by atoms with E-state index in [0.29, 0.717) is 6.61 Å². The van der Waals surface area contributed by atoms with E-state index >= 15 is 0 Å². The molecule has 0 radical (unpaired) electrons. The third-order valence-electron chi connectivity index (χ3n) is 3.53. The first-order valence-electron chi connectivity index (χ1n) is 6.58. The first-order valence-corrected chi connectivity index (χ1v) is 7.38. The van der Waals surface area contributed by atoms with E-state index in [-0.39, 0.29) is 11.9 Å². The zero-order valence-corrected chi connectivity index (χ0v) is 12.7. The lowest BCUT2D eigenvalue weighted by Gasteiger charge is -2.28. The number of hydrogen-bond acceptors (Lipinski definition) is 2. The van der Waals surface area contributed by atoms with Gasteiger partial charge in [-0.1, -0.05) is 15.9 Å². The largest absolute Gasteiger partial charge is 0.493 e. The van der Waals surface area contributed by atoms with Crippen LogP contribution in [0.3, 0.4) is 0 Å². The number of benzene rings is 2. The molecule has 3 rings (SSSR count). The van der Waals surface area contributed by atoms with Crippen molar-refractivity contribution in [1.29, 1.82) is 0 Å². The normalized spacial score (nSPS) is 17.2. The van der Waals surface area contributed by atoms with Gasteiger partial charge < -0.3 is 10.1 Å². The van der Waals surface area contributed by atoms with Gasteiger partial charge >= 0.3 is 0 Å². The zero-order chi connectivity index (χ0) is 14.1. The van der Waals surface area contributed by atoms with Crippen molar-refractivity contribution in [2.24, 2.45) is 0 Å². The summed E-state index contributed by atoms with van der Waals surface area (Å²) in [5.41, 5.74) is 3.01. The highest BCUT2D eigenvalue weighted by atomic mass is 79.9. The van der Waals surface area contributed by atoms with Crippen LogP contribution in [0.4, 0.5) is 10.1 Å². The quantitative estimate of drug-likeness (QED) is 0.848. The smallest absolute Gasteiger partial charge is 0.124 e. The number of anilines is 1. The number of ether oxygens (including phenoxy) is 1. The fourth-order valence-electron chi connectivity index (χ4n) is 2.49. The van der Waals surface area contributed by atoms with Gasteiger partial charge in [-0.25, -0.2) is 4.39 Å². The molecule has 0 amide bonds. The molecule has 0 spiro atoms. The monoisotopic (exact) mass is 335 g/mol. The summed E-state index contributed by atoms with van der Waals surface area (Å²) in [4.78, 5) is 0. The Bertz CT molecular complexity index is 644. The van der Waals surface area contributed by atoms with Gasteiger partial charge in [-0.2, -0.15) is 0 Å². The first kappa shape index (κ1) is 13.4. The third-order valence-corrected chi connectivity index (χ3v) is 4.02. The molecule has 1 heterocycles. The number of rotatable bonds is 2. The molecule has 1 aliphatic rings. The first-order chi connectivity index (χ1) is 9.63. The summed E-state index contributed by atoms with van der Waals surface area (Å²) >= 11 is 3.49. The van der Waals surface area contributed by atoms with Crippen molar-refractivity contribution in [1.82, 2.24) is 0 Å². The van der Waals surface area contributed by atoms with Crippen LogP contribution in [0.25, 0.3) is 0 Å². The van der Waals surface area contributed by atoms with Gasteiger partial charge in [-0.15, -0.1) is 0 Å². The second kappa shape index (κ2) is 5.44. The van der Waals surface area contributed by atoms with Crippen LogP contribution in [0.5, 0.6) is 5.75 Å². The van der Waals surface area contributed by atoms with Crippen molar-refractivity contribution < 1.29 is 9.13 Å². The Morgan fingerprint density at radius 3 is 2.90 bits per heavy atom. The van der Waals surface area contributed by atoms with Crippen LogP contribution in [0.15, 0.2) is 40.9 Å². The molecular weight excluding hydrogens is 321 g/mol. The van der Waals surface area contributed by atoms with Crippen molar-refractivity contribution in [3.05, 3.63) is 57.8 Å². The maximum absolute atomic E-state index is 13.2. The van der Waals surface area contributed by atoms with E-state index in [2.05, 4.69) is 27.3 Å². The fraction of sp³-hybridized carbons (Fsp3) is 0.250. The number of hydrogen-bond donors (Lipinski definition) is 1. The molecular formula is C16H15BrFNO. The van der Waals surface area contributed by atoms with Crippen LogP contribution >= 0.6 is 15.9 Å². The second-order valence-corrected chi connectivity index (χ2v) is 5.89. The predicted molar refractivity (Wildman–Crippen MR) is 81.8 cm³/mol. The zero-order valence-electron chi connectivity index (χ0n) is 11.1. The van der Waals surface area contributed by atoms with Crippen LogP contribution in [0, 0.1) is 12.7 Å². The lowest BCUT2D eigenvalue weighted by molar-refractivity contribution is 0.274. The summed E-state index contributed by atoms with van der Waals surface area (Å²) in [7, 11) is 0.